The van der Waals surface area contributed by atoms with Gasteiger partial charge in [-0.1, -0.05) is 39.3 Å². The lowest BCUT2D eigenvalue weighted by Crippen LogP contribution is -2.14. The molecule has 1 N–H and O–H groups in total. The van der Waals surface area contributed by atoms with E-state index in [-0.39, 0.29) is 16.6 Å². The Bertz CT molecular complexity index is 543. The van der Waals surface area contributed by atoms with E-state index in [1.54, 1.807) is 0 Å². The van der Waals surface area contributed by atoms with Gasteiger partial charge in [0.25, 0.3) is 0 Å². The number of thiocarbonyl (C=S) groups is 1. The van der Waals surface area contributed by atoms with Gasteiger partial charge >= 0.3 is 0 Å². The van der Waals surface area contributed by atoms with E-state index >= 15 is 0 Å². The molecule has 0 unspecified atom stereocenters. The number of carbonyl (C=O) groups is 1. The Hall–Kier alpha value is -1.20. The van der Waals surface area contributed by atoms with Crippen LogP contribution in [0.15, 0.2) is 12.1 Å². The molecule has 1 aromatic rings. The van der Waals surface area contributed by atoms with Crippen LogP contribution in [0.2, 0.25) is 5.02 Å². The third-order valence-electron chi connectivity index (χ3n) is 3.27. The van der Waals surface area contributed by atoms with Crippen LogP contribution in [0.25, 0.3) is 0 Å². The highest BCUT2D eigenvalue weighted by Gasteiger charge is 2.14. The quantitative estimate of drug-likeness (QED) is 0.620. The summed E-state index contributed by atoms with van der Waals surface area (Å²) in [4.78, 5) is 11.9. The number of hydrogen-bond donors (Lipinski definition) is 1. The minimum Gasteiger partial charge on any atom is -0.486 e. The van der Waals surface area contributed by atoms with Crippen LogP contribution in [-0.2, 0) is 16.0 Å². The second-order valence-electron chi connectivity index (χ2n) is 6.66. The summed E-state index contributed by atoms with van der Waals surface area (Å²) in [7, 11) is 0. The molecule has 0 aliphatic rings. The Labute approximate surface area is 153 Å². The highest BCUT2D eigenvalue weighted by Crippen LogP contribution is 2.25. The van der Waals surface area contributed by atoms with E-state index in [1.165, 1.54) is 12.1 Å². The summed E-state index contributed by atoms with van der Waals surface area (Å²) in [5.41, 5.74) is 0.751. The number of benzene rings is 1. The number of amides is 1. The summed E-state index contributed by atoms with van der Waals surface area (Å²) in [6.45, 7) is 8.64. The van der Waals surface area contributed by atoms with Crippen molar-refractivity contribution >= 4 is 40.5 Å². The van der Waals surface area contributed by atoms with Gasteiger partial charge in [-0.2, -0.15) is 0 Å². The van der Waals surface area contributed by atoms with E-state index in [4.69, 9.17) is 28.6 Å². The highest BCUT2D eigenvalue weighted by molar-refractivity contribution is 7.80. The van der Waals surface area contributed by atoms with Crippen molar-refractivity contribution in [3.8, 4) is 0 Å². The molecule has 0 atom stereocenters. The fraction of sp³-hybridized carbons (Fsp3) is 0.556. The Balaban J connectivity index is 2.77. The predicted molar refractivity (Wildman–Crippen MR) is 101 cm³/mol. The lowest BCUT2D eigenvalue weighted by atomic mass is 10.1. The first-order valence-corrected chi connectivity index (χ1v) is 8.91. The molecule has 1 amide bonds. The van der Waals surface area contributed by atoms with Crippen LogP contribution in [0.4, 0.5) is 10.1 Å². The molecule has 0 aliphatic carbocycles. The molecule has 0 aliphatic heterocycles. The summed E-state index contributed by atoms with van der Waals surface area (Å²) in [5.74, 6) is 0.00414. The van der Waals surface area contributed by atoms with Gasteiger partial charge in [-0.15, -0.1) is 0 Å². The Morgan fingerprint density at radius 3 is 2.54 bits per heavy atom. The average molecular weight is 374 g/mol. The summed E-state index contributed by atoms with van der Waals surface area (Å²) < 4.78 is 19.5. The fourth-order valence-electron chi connectivity index (χ4n) is 1.92. The summed E-state index contributed by atoms with van der Waals surface area (Å²) in [6.07, 6.45) is 1.40. The molecule has 0 heterocycles. The molecule has 24 heavy (non-hydrogen) atoms. The number of nitrogens with one attached hydrogen (secondary N) is 1. The van der Waals surface area contributed by atoms with E-state index in [0.717, 1.165) is 6.42 Å². The van der Waals surface area contributed by atoms with E-state index in [9.17, 15) is 9.18 Å². The zero-order valence-corrected chi connectivity index (χ0v) is 16.2. The Morgan fingerprint density at radius 1 is 1.29 bits per heavy atom. The number of halogens is 2. The van der Waals surface area contributed by atoms with Gasteiger partial charge in [0.2, 0.25) is 5.91 Å². The monoisotopic (exact) mass is 373 g/mol. The summed E-state index contributed by atoms with van der Waals surface area (Å²) >= 11 is 11.3. The minimum absolute atomic E-state index is 0.120. The van der Waals surface area contributed by atoms with Crippen molar-refractivity contribution in [1.82, 2.24) is 0 Å². The Morgan fingerprint density at radius 2 is 1.96 bits per heavy atom. The lowest BCUT2D eigenvalue weighted by molar-refractivity contribution is -0.116. The third kappa shape index (κ3) is 7.58. The predicted octanol–water partition coefficient (Wildman–Crippen LogP) is 5.40. The minimum atomic E-state index is -0.560. The number of hydrogen-bond acceptors (Lipinski definition) is 3. The molecular weight excluding hydrogens is 349 g/mol. The van der Waals surface area contributed by atoms with E-state index in [1.807, 2.05) is 27.7 Å². The number of ether oxygens (including phenoxy) is 1. The van der Waals surface area contributed by atoms with Crippen LogP contribution in [0.1, 0.15) is 46.1 Å². The maximum absolute atomic E-state index is 14.0. The topological polar surface area (TPSA) is 38.3 Å². The maximum Gasteiger partial charge on any atom is 0.224 e. The number of anilines is 1. The third-order valence-corrected chi connectivity index (χ3v) is 3.89. The molecule has 0 bridgehead atoms. The second kappa shape index (κ2) is 9.94. The molecule has 0 saturated carbocycles. The molecule has 134 valence electrons. The van der Waals surface area contributed by atoms with Crippen molar-refractivity contribution in [3.05, 3.63) is 28.5 Å². The van der Waals surface area contributed by atoms with Gasteiger partial charge in [-0.05, 0) is 48.2 Å². The lowest BCUT2D eigenvalue weighted by Gasteiger charge is -2.13. The van der Waals surface area contributed by atoms with Gasteiger partial charge in [0.15, 0.2) is 5.05 Å². The number of carbonyl (C=O) groups excluding carboxylic acids is 1. The van der Waals surface area contributed by atoms with Crippen molar-refractivity contribution in [1.29, 1.82) is 0 Å². The fourth-order valence-corrected chi connectivity index (χ4v) is 2.36. The van der Waals surface area contributed by atoms with Crippen LogP contribution in [0.3, 0.4) is 0 Å². The standard InChI is InChI=1S/C18H25ClFNO2S/c1-11(2)5-6-17(22)21-16-7-13(14(19)9-15(16)20)8-18(24)23-10-12(3)4/h7,9,11-12H,5-6,8,10H2,1-4H3,(H,21,22). The molecule has 0 fully saturated rings. The normalized spacial score (nSPS) is 11.0. The van der Waals surface area contributed by atoms with Gasteiger partial charge in [0.1, 0.15) is 5.82 Å². The van der Waals surface area contributed by atoms with E-state index in [0.29, 0.717) is 41.9 Å². The van der Waals surface area contributed by atoms with Crippen LogP contribution in [-0.4, -0.2) is 17.6 Å². The van der Waals surface area contributed by atoms with Crippen molar-refractivity contribution < 1.29 is 13.9 Å². The second-order valence-corrected chi connectivity index (χ2v) is 7.52. The van der Waals surface area contributed by atoms with Crippen LogP contribution >= 0.6 is 23.8 Å². The van der Waals surface area contributed by atoms with Crippen molar-refractivity contribution in [2.45, 2.75) is 47.0 Å². The molecule has 3 nitrogen and oxygen atoms in total. The zero-order chi connectivity index (χ0) is 18.3. The van der Waals surface area contributed by atoms with E-state index < -0.39 is 5.82 Å². The van der Waals surface area contributed by atoms with Crippen molar-refractivity contribution in [2.75, 3.05) is 11.9 Å². The maximum atomic E-state index is 14.0. The van der Waals surface area contributed by atoms with Crippen LogP contribution in [0.5, 0.6) is 0 Å². The smallest absolute Gasteiger partial charge is 0.224 e. The molecule has 1 rings (SSSR count). The first-order valence-electron chi connectivity index (χ1n) is 8.12. The average Bonchev–Trinajstić information content (AvgIpc) is 2.48. The van der Waals surface area contributed by atoms with Crippen molar-refractivity contribution in [3.63, 3.8) is 0 Å². The van der Waals surface area contributed by atoms with Gasteiger partial charge in [-0.25, -0.2) is 4.39 Å². The molecule has 0 saturated heterocycles. The highest BCUT2D eigenvalue weighted by atomic mass is 35.5. The molecule has 0 spiro atoms. The zero-order valence-electron chi connectivity index (χ0n) is 14.6. The molecule has 6 heteroatoms. The summed E-state index contributed by atoms with van der Waals surface area (Å²) in [6, 6.07) is 2.72. The molecule has 0 aromatic heterocycles. The molecule has 0 radical (unpaired) electrons. The SMILES string of the molecule is CC(C)CCC(=O)Nc1cc(CC(=S)OCC(C)C)c(Cl)cc1F. The molecular formula is C18H25ClFNO2S. The van der Waals surface area contributed by atoms with Gasteiger partial charge in [0.05, 0.1) is 12.3 Å². The van der Waals surface area contributed by atoms with Crippen LogP contribution < -0.4 is 5.32 Å². The van der Waals surface area contributed by atoms with Crippen molar-refractivity contribution in [2.24, 2.45) is 11.8 Å². The van der Waals surface area contributed by atoms with Gasteiger partial charge < -0.3 is 10.1 Å². The van der Waals surface area contributed by atoms with Gasteiger partial charge in [0, 0.05) is 17.9 Å². The largest absolute Gasteiger partial charge is 0.486 e. The first kappa shape index (κ1) is 20.8. The van der Waals surface area contributed by atoms with E-state index in [2.05, 4.69) is 5.32 Å². The van der Waals surface area contributed by atoms with Crippen LogP contribution in [0, 0.1) is 17.7 Å². The Kier molecular flexibility index (Phi) is 8.63. The summed E-state index contributed by atoms with van der Waals surface area (Å²) in [5, 5.41) is 3.26. The molecule has 1 aromatic carbocycles. The number of rotatable bonds is 8. The van der Waals surface area contributed by atoms with Gasteiger partial charge in [-0.3, -0.25) is 4.79 Å². The first-order chi connectivity index (χ1) is 11.2.